The minimum absolute atomic E-state index is 0.700. The molecule has 0 bridgehead atoms. The van der Waals surface area contributed by atoms with Crippen molar-refractivity contribution in [3.05, 3.63) is 59.3 Å². The van der Waals surface area contributed by atoms with E-state index in [-0.39, 0.29) is 0 Å². The fourth-order valence-electron chi connectivity index (χ4n) is 2.52. The first kappa shape index (κ1) is 12.4. The highest BCUT2D eigenvalue weighted by molar-refractivity contribution is 7.17. The van der Waals surface area contributed by atoms with Crippen LogP contribution in [0.5, 0.6) is 0 Å². The largest absolute Gasteiger partial charge is 0.441 e. The van der Waals surface area contributed by atoms with E-state index in [1.54, 1.807) is 11.3 Å². The highest BCUT2D eigenvalue weighted by atomic mass is 32.1. The molecule has 104 valence electrons. The standard InChI is InChI=1S/C17H14N2OS/c1-11-19-15-8-13(6-7-16(15)20-11)18-9-12-10-21-17-5-3-2-4-14(12)17/h2-8,10,18H,9H2,1H3. The summed E-state index contributed by atoms with van der Waals surface area (Å²) in [7, 11) is 0. The molecular formula is C17H14N2OS. The van der Waals surface area contributed by atoms with Crippen LogP contribution in [0.4, 0.5) is 5.69 Å². The molecule has 0 atom stereocenters. The fourth-order valence-corrected chi connectivity index (χ4v) is 3.48. The summed E-state index contributed by atoms with van der Waals surface area (Å²) in [6.07, 6.45) is 0. The van der Waals surface area contributed by atoms with Gasteiger partial charge in [0, 0.05) is 23.9 Å². The summed E-state index contributed by atoms with van der Waals surface area (Å²) in [6, 6.07) is 14.5. The summed E-state index contributed by atoms with van der Waals surface area (Å²) < 4.78 is 6.82. The van der Waals surface area contributed by atoms with Crippen molar-refractivity contribution < 1.29 is 4.42 Å². The third-order valence-corrected chi connectivity index (χ3v) is 4.55. The van der Waals surface area contributed by atoms with Crippen molar-refractivity contribution in [1.29, 1.82) is 0 Å². The predicted molar refractivity (Wildman–Crippen MR) is 87.9 cm³/mol. The molecule has 0 fully saturated rings. The summed E-state index contributed by atoms with van der Waals surface area (Å²) in [5.41, 5.74) is 4.12. The molecule has 4 rings (SSSR count). The maximum absolute atomic E-state index is 5.49. The zero-order valence-electron chi connectivity index (χ0n) is 11.6. The van der Waals surface area contributed by atoms with Crippen molar-refractivity contribution in [1.82, 2.24) is 4.98 Å². The van der Waals surface area contributed by atoms with Gasteiger partial charge in [0.05, 0.1) is 0 Å². The van der Waals surface area contributed by atoms with Gasteiger partial charge in [-0.1, -0.05) is 18.2 Å². The Hall–Kier alpha value is -2.33. The van der Waals surface area contributed by atoms with Crippen molar-refractivity contribution in [2.24, 2.45) is 0 Å². The van der Waals surface area contributed by atoms with Crippen LogP contribution in [0.1, 0.15) is 11.5 Å². The minimum Gasteiger partial charge on any atom is -0.441 e. The zero-order chi connectivity index (χ0) is 14.2. The SMILES string of the molecule is Cc1nc2cc(NCc3csc4ccccc34)ccc2o1. The van der Waals surface area contributed by atoms with Crippen LogP contribution in [0.2, 0.25) is 0 Å². The lowest BCUT2D eigenvalue weighted by atomic mass is 10.2. The Bertz CT molecular complexity index is 923. The van der Waals surface area contributed by atoms with Gasteiger partial charge in [-0.25, -0.2) is 4.98 Å². The Morgan fingerprint density at radius 1 is 1.19 bits per heavy atom. The van der Waals surface area contributed by atoms with E-state index in [1.807, 2.05) is 25.1 Å². The van der Waals surface area contributed by atoms with E-state index in [9.17, 15) is 0 Å². The van der Waals surface area contributed by atoms with Gasteiger partial charge >= 0.3 is 0 Å². The Morgan fingerprint density at radius 2 is 2.10 bits per heavy atom. The van der Waals surface area contributed by atoms with Crippen LogP contribution < -0.4 is 5.32 Å². The van der Waals surface area contributed by atoms with Gasteiger partial charge in [0.15, 0.2) is 11.5 Å². The molecule has 0 radical (unpaired) electrons. The van der Waals surface area contributed by atoms with E-state index in [0.717, 1.165) is 23.3 Å². The quantitative estimate of drug-likeness (QED) is 0.580. The second-order valence-corrected chi connectivity index (χ2v) is 5.94. The first-order valence-electron chi connectivity index (χ1n) is 6.86. The Balaban J connectivity index is 1.60. The van der Waals surface area contributed by atoms with E-state index < -0.39 is 0 Å². The Kier molecular flexibility index (Phi) is 2.89. The van der Waals surface area contributed by atoms with Gasteiger partial charge < -0.3 is 9.73 Å². The number of anilines is 1. The number of hydrogen-bond donors (Lipinski definition) is 1. The summed E-state index contributed by atoms with van der Waals surface area (Å²) in [5, 5.41) is 7.01. The van der Waals surface area contributed by atoms with Crippen LogP contribution in [0.15, 0.2) is 52.3 Å². The van der Waals surface area contributed by atoms with Crippen molar-refractivity contribution in [3.63, 3.8) is 0 Å². The van der Waals surface area contributed by atoms with Crippen LogP contribution >= 0.6 is 11.3 Å². The first-order valence-corrected chi connectivity index (χ1v) is 7.74. The van der Waals surface area contributed by atoms with E-state index in [4.69, 9.17) is 4.42 Å². The number of nitrogens with zero attached hydrogens (tertiary/aromatic N) is 1. The number of thiophene rings is 1. The molecule has 1 N–H and O–H groups in total. The van der Waals surface area contributed by atoms with Crippen molar-refractivity contribution >= 4 is 38.2 Å². The van der Waals surface area contributed by atoms with Crippen LogP contribution in [0.3, 0.4) is 0 Å². The Morgan fingerprint density at radius 3 is 3.05 bits per heavy atom. The van der Waals surface area contributed by atoms with Gasteiger partial charge in [0.1, 0.15) is 5.52 Å². The zero-order valence-corrected chi connectivity index (χ0v) is 12.4. The maximum atomic E-state index is 5.49. The summed E-state index contributed by atoms with van der Waals surface area (Å²) in [5.74, 6) is 0.700. The molecule has 0 aliphatic heterocycles. The molecule has 0 aliphatic carbocycles. The van der Waals surface area contributed by atoms with Gasteiger partial charge in [-0.3, -0.25) is 0 Å². The Labute approximate surface area is 126 Å². The monoisotopic (exact) mass is 294 g/mol. The molecule has 0 saturated carbocycles. The van der Waals surface area contributed by atoms with Gasteiger partial charge in [0.25, 0.3) is 0 Å². The van der Waals surface area contributed by atoms with E-state index in [0.29, 0.717) is 5.89 Å². The molecule has 3 nitrogen and oxygen atoms in total. The minimum atomic E-state index is 0.700. The lowest BCUT2D eigenvalue weighted by Gasteiger charge is -2.05. The lowest BCUT2D eigenvalue weighted by Crippen LogP contribution is -1.98. The molecule has 4 aromatic rings. The van der Waals surface area contributed by atoms with Crippen molar-refractivity contribution in [2.45, 2.75) is 13.5 Å². The van der Waals surface area contributed by atoms with Gasteiger partial charge in [-0.05, 0) is 40.6 Å². The van der Waals surface area contributed by atoms with Gasteiger partial charge in [-0.2, -0.15) is 0 Å². The molecule has 0 unspecified atom stereocenters. The topological polar surface area (TPSA) is 38.1 Å². The van der Waals surface area contributed by atoms with Gasteiger partial charge in [0.2, 0.25) is 0 Å². The summed E-state index contributed by atoms with van der Waals surface area (Å²) >= 11 is 1.79. The number of nitrogens with one attached hydrogen (secondary N) is 1. The number of rotatable bonds is 3. The molecule has 0 saturated heterocycles. The molecule has 0 aliphatic rings. The molecule has 4 heteroatoms. The third kappa shape index (κ3) is 2.28. The number of aryl methyl sites for hydroxylation is 1. The molecule has 0 spiro atoms. The maximum Gasteiger partial charge on any atom is 0.192 e. The molecule has 21 heavy (non-hydrogen) atoms. The van der Waals surface area contributed by atoms with Gasteiger partial charge in [-0.15, -0.1) is 11.3 Å². The number of fused-ring (bicyclic) bond motifs is 2. The van der Waals surface area contributed by atoms with Crippen molar-refractivity contribution in [3.8, 4) is 0 Å². The van der Waals surface area contributed by atoms with Crippen LogP contribution in [-0.2, 0) is 6.54 Å². The highest BCUT2D eigenvalue weighted by Crippen LogP contribution is 2.27. The van der Waals surface area contributed by atoms with Crippen LogP contribution in [0.25, 0.3) is 21.2 Å². The van der Waals surface area contributed by atoms with Crippen LogP contribution in [-0.4, -0.2) is 4.98 Å². The predicted octanol–water partition coefficient (Wildman–Crippen LogP) is 4.96. The number of oxazole rings is 1. The highest BCUT2D eigenvalue weighted by Gasteiger charge is 2.05. The molecule has 0 amide bonds. The number of hydrogen-bond acceptors (Lipinski definition) is 4. The molecule has 2 aromatic heterocycles. The third-order valence-electron chi connectivity index (χ3n) is 3.54. The molecular weight excluding hydrogens is 280 g/mol. The lowest BCUT2D eigenvalue weighted by molar-refractivity contribution is 0.561. The second kappa shape index (κ2) is 4.90. The average molecular weight is 294 g/mol. The fraction of sp³-hybridized carbons (Fsp3) is 0.118. The smallest absolute Gasteiger partial charge is 0.192 e. The number of aromatic nitrogens is 1. The van der Waals surface area contributed by atoms with E-state index >= 15 is 0 Å². The second-order valence-electron chi connectivity index (χ2n) is 5.03. The molecule has 2 heterocycles. The summed E-state index contributed by atoms with van der Waals surface area (Å²) in [4.78, 5) is 4.36. The van der Waals surface area contributed by atoms with Crippen LogP contribution in [0, 0.1) is 6.92 Å². The van der Waals surface area contributed by atoms with E-state index in [1.165, 1.54) is 15.6 Å². The molecule has 2 aromatic carbocycles. The number of benzene rings is 2. The average Bonchev–Trinajstić information content (AvgIpc) is 3.07. The first-order chi connectivity index (χ1) is 10.3. The normalized spacial score (nSPS) is 11.3. The summed E-state index contributed by atoms with van der Waals surface area (Å²) in [6.45, 7) is 2.68. The van der Waals surface area contributed by atoms with Crippen molar-refractivity contribution in [2.75, 3.05) is 5.32 Å². The van der Waals surface area contributed by atoms with E-state index in [2.05, 4.69) is 39.9 Å².